The molecule has 2 aromatic rings. The van der Waals surface area contributed by atoms with Crippen LogP contribution in [0.25, 0.3) is 0 Å². The molecule has 0 atom stereocenters. The third-order valence-electron chi connectivity index (χ3n) is 4.11. The molecule has 1 amide bonds. The van der Waals surface area contributed by atoms with Gasteiger partial charge in [0.25, 0.3) is 0 Å². The fourth-order valence-corrected chi connectivity index (χ4v) is 2.86. The summed E-state index contributed by atoms with van der Waals surface area (Å²) in [6, 6.07) is 10.9. The number of aromatic hydroxyl groups is 1. The van der Waals surface area contributed by atoms with Crippen LogP contribution in [0.15, 0.2) is 48.8 Å². The lowest BCUT2D eigenvalue weighted by atomic mass is 10.2. The van der Waals surface area contributed by atoms with Crippen LogP contribution in [0.2, 0.25) is 0 Å². The van der Waals surface area contributed by atoms with Gasteiger partial charge in [0.15, 0.2) is 0 Å². The average molecular weight is 326 g/mol. The topological polar surface area (TPSA) is 68.7 Å². The van der Waals surface area contributed by atoms with Crippen LogP contribution < -0.4 is 5.32 Å². The highest BCUT2D eigenvalue weighted by Crippen LogP contribution is 2.14. The number of phenols is 1. The van der Waals surface area contributed by atoms with Crippen molar-refractivity contribution in [2.24, 2.45) is 0 Å². The third kappa shape index (κ3) is 4.78. The number of nitrogens with zero attached hydrogens (tertiary/aromatic N) is 3. The number of hydrogen-bond donors (Lipinski definition) is 2. The molecule has 0 bridgehead atoms. The smallest absolute Gasteiger partial charge is 0.238 e. The normalized spacial score (nSPS) is 16.0. The number of rotatable bonds is 5. The number of nitrogens with one attached hydrogen (secondary N) is 1. The molecule has 1 aliphatic rings. The third-order valence-corrected chi connectivity index (χ3v) is 4.11. The molecule has 0 spiro atoms. The molecule has 2 heterocycles. The van der Waals surface area contributed by atoms with Gasteiger partial charge in [0.2, 0.25) is 5.91 Å². The molecule has 0 aliphatic carbocycles. The summed E-state index contributed by atoms with van der Waals surface area (Å²) >= 11 is 0. The Morgan fingerprint density at radius 1 is 1.08 bits per heavy atom. The number of benzene rings is 1. The largest absolute Gasteiger partial charge is 0.508 e. The van der Waals surface area contributed by atoms with E-state index in [0.29, 0.717) is 12.3 Å². The van der Waals surface area contributed by atoms with Crippen LogP contribution in [0, 0.1) is 0 Å². The summed E-state index contributed by atoms with van der Waals surface area (Å²) in [5.41, 5.74) is 1.89. The second-order valence-electron chi connectivity index (χ2n) is 6.01. The number of pyridine rings is 1. The predicted molar refractivity (Wildman–Crippen MR) is 92.7 cm³/mol. The van der Waals surface area contributed by atoms with Gasteiger partial charge in [0.1, 0.15) is 5.75 Å². The fourth-order valence-electron chi connectivity index (χ4n) is 2.86. The Morgan fingerprint density at radius 2 is 1.79 bits per heavy atom. The molecule has 3 rings (SSSR count). The molecule has 1 aromatic carbocycles. The minimum atomic E-state index is 0.00244. The number of phenolic OH excluding ortho intramolecular Hbond substituents is 1. The molecule has 1 aromatic heterocycles. The van der Waals surface area contributed by atoms with Crippen molar-refractivity contribution in [2.45, 2.75) is 6.54 Å². The Hall–Kier alpha value is -2.44. The van der Waals surface area contributed by atoms with Gasteiger partial charge in [-0.05, 0) is 29.8 Å². The van der Waals surface area contributed by atoms with E-state index in [1.165, 1.54) is 0 Å². The molecule has 1 saturated heterocycles. The van der Waals surface area contributed by atoms with Crippen LogP contribution in [-0.2, 0) is 11.3 Å². The van der Waals surface area contributed by atoms with Gasteiger partial charge in [-0.15, -0.1) is 0 Å². The number of anilines is 1. The van der Waals surface area contributed by atoms with E-state index in [-0.39, 0.29) is 5.91 Å². The fraction of sp³-hybridized carbons (Fsp3) is 0.333. The van der Waals surface area contributed by atoms with Gasteiger partial charge >= 0.3 is 0 Å². The monoisotopic (exact) mass is 326 g/mol. The zero-order valence-electron chi connectivity index (χ0n) is 13.6. The SMILES string of the molecule is O=C(CN1CCN(Cc2cccc(O)c2)CC1)Nc1ccncc1. The standard InChI is InChI=1S/C18H22N4O2/c23-17-3-1-2-15(12-17)13-21-8-10-22(11-9-21)14-18(24)20-16-4-6-19-7-5-16/h1-7,12,23H,8-11,13-14H2,(H,19,20,24). The summed E-state index contributed by atoms with van der Waals surface area (Å²) in [7, 11) is 0. The molecule has 6 heteroatoms. The lowest BCUT2D eigenvalue weighted by Gasteiger charge is -2.34. The molecule has 0 radical (unpaired) electrons. The van der Waals surface area contributed by atoms with Crippen molar-refractivity contribution in [1.29, 1.82) is 0 Å². The maximum absolute atomic E-state index is 12.1. The van der Waals surface area contributed by atoms with E-state index in [9.17, 15) is 9.90 Å². The molecule has 1 fully saturated rings. The van der Waals surface area contributed by atoms with Gasteiger partial charge in [-0.25, -0.2) is 0 Å². The molecule has 0 saturated carbocycles. The van der Waals surface area contributed by atoms with Crippen LogP contribution in [0.4, 0.5) is 5.69 Å². The van der Waals surface area contributed by atoms with Gasteiger partial charge < -0.3 is 10.4 Å². The molecule has 2 N–H and O–H groups in total. The van der Waals surface area contributed by atoms with Crippen molar-refractivity contribution in [3.63, 3.8) is 0 Å². The molecular weight excluding hydrogens is 304 g/mol. The van der Waals surface area contributed by atoms with Crippen molar-refractivity contribution in [2.75, 3.05) is 38.0 Å². The van der Waals surface area contributed by atoms with Crippen molar-refractivity contribution in [3.05, 3.63) is 54.4 Å². The number of carbonyl (C=O) groups is 1. The highest BCUT2D eigenvalue weighted by Gasteiger charge is 2.19. The first-order chi connectivity index (χ1) is 11.7. The van der Waals surface area contributed by atoms with E-state index in [0.717, 1.165) is 44.0 Å². The Morgan fingerprint density at radius 3 is 2.50 bits per heavy atom. The summed E-state index contributed by atoms with van der Waals surface area (Å²) in [5.74, 6) is 0.307. The zero-order chi connectivity index (χ0) is 16.8. The minimum absolute atomic E-state index is 0.00244. The zero-order valence-corrected chi connectivity index (χ0v) is 13.6. The van der Waals surface area contributed by atoms with Crippen molar-refractivity contribution < 1.29 is 9.90 Å². The first-order valence-electron chi connectivity index (χ1n) is 8.11. The number of piperazine rings is 1. The molecule has 126 valence electrons. The maximum Gasteiger partial charge on any atom is 0.238 e. The first-order valence-corrected chi connectivity index (χ1v) is 8.11. The van der Waals surface area contributed by atoms with E-state index >= 15 is 0 Å². The quantitative estimate of drug-likeness (QED) is 0.872. The van der Waals surface area contributed by atoms with E-state index in [1.807, 2.05) is 12.1 Å². The van der Waals surface area contributed by atoms with Crippen molar-refractivity contribution in [3.8, 4) is 5.75 Å². The lowest BCUT2D eigenvalue weighted by Crippen LogP contribution is -2.48. The van der Waals surface area contributed by atoms with Crippen LogP contribution in [0.1, 0.15) is 5.56 Å². The number of aromatic nitrogens is 1. The minimum Gasteiger partial charge on any atom is -0.508 e. The molecule has 6 nitrogen and oxygen atoms in total. The van der Waals surface area contributed by atoms with Gasteiger partial charge in [-0.1, -0.05) is 12.1 Å². The Bertz CT molecular complexity index is 670. The molecule has 0 unspecified atom stereocenters. The van der Waals surface area contributed by atoms with E-state index in [2.05, 4.69) is 20.1 Å². The summed E-state index contributed by atoms with van der Waals surface area (Å²) in [6.07, 6.45) is 3.32. The van der Waals surface area contributed by atoms with Crippen LogP contribution in [0.3, 0.4) is 0 Å². The summed E-state index contributed by atoms with van der Waals surface area (Å²) in [6.45, 7) is 4.79. The number of amides is 1. The van der Waals surface area contributed by atoms with Gasteiger partial charge in [0, 0.05) is 50.8 Å². The summed E-state index contributed by atoms with van der Waals surface area (Å²) in [4.78, 5) is 20.5. The lowest BCUT2D eigenvalue weighted by molar-refractivity contribution is -0.117. The van der Waals surface area contributed by atoms with Crippen molar-refractivity contribution >= 4 is 11.6 Å². The molecule has 1 aliphatic heterocycles. The number of hydrogen-bond acceptors (Lipinski definition) is 5. The van der Waals surface area contributed by atoms with Gasteiger partial charge in [-0.2, -0.15) is 0 Å². The second kappa shape index (κ2) is 7.90. The molecule has 24 heavy (non-hydrogen) atoms. The first kappa shape index (κ1) is 16.4. The van der Waals surface area contributed by atoms with E-state index in [4.69, 9.17) is 0 Å². The summed E-state index contributed by atoms with van der Waals surface area (Å²) in [5, 5.41) is 12.4. The van der Waals surface area contributed by atoms with Gasteiger partial charge in [0.05, 0.1) is 6.54 Å². The van der Waals surface area contributed by atoms with Crippen molar-refractivity contribution in [1.82, 2.24) is 14.8 Å². The molecular formula is C18H22N4O2. The second-order valence-corrected chi connectivity index (χ2v) is 6.01. The van der Waals surface area contributed by atoms with E-state index < -0.39 is 0 Å². The Balaban J connectivity index is 1.42. The predicted octanol–water partition coefficient (Wildman–Crippen LogP) is 1.54. The Labute approximate surface area is 141 Å². The highest BCUT2D eigenvalue weighted by atomic mass is 16.3. The van der Waals surface area contributed by atoms with Crippen LogP contribution in [-0.4, -0.2) is 58.5 Å². The number of carbonyl (C=O) groups excluding carboxylic acids is 1. The van der Waals surface area contributed by atoms with E-state index in [1.54, 1.807) is 36.7 Å². The van der Waals surface area contributed by atoms with Crippen LogP contribution in [0.5, 0.6) is 5.75 Å². The highest BCUT2D eigenvalue weighted by molar-refractivity contribution is 5.92. The van der Waals surface area contributed by atoms with Gasteiger partial charge in [-0.3, -0.25) is 19.6 Å². The summed E-state index contributed by atoms with van der Waals surface area (Å²) < 4.78 is 0. The average Bonchev–Trinajstić information content (AvgIpc) is 2.57. The Kier molecular flexibility index (Phi) is 5.40. The maximum atomic E-state index is 12.1. The van der Waals surface area contributed by atoms with Crippen LogP contribution >= 0.6 is 0 Å².